The standard InChI is InChI=1S/C18H22F4N2O2/c19-15-4-3-13(10-14(15)18(20,21)22)23-17(25)16-2-1-7-24(16)11-12-5-8-26-9-6-12/h3-4,10,12,16H,1-2,5-9,11H2,(H,23,25). The number of alkyl halides is 3. The second-order valence-electron chi connectivity index (χ2n) is 6.89. The van der Waals surface area contributed by atoms with Crippen molar-refractivity contribution >= 4 is 11.6 Å². The van der Waals surface area contributed by atoms with E-state index >= 15 is 0 Å². The Hall–Kier alpha value is -1.67. The van der Waals surface area contributed by atoms with Crippen molar-refractivity contribution in [2.45, 2.75) is 37.9 Å². The number of nitrogens with one attached hydrogen (secondary N) is 1. The van der Waals surface area contributed by atoms with E-state index in [1.165, 1.54) is 0 Å². The van der Waals surface area contributed by atoms with E-state index in [1.54, 1.807) is 0 Å². The molecule has 2 aliphatic rings. The fourth-order valence-electron chi connectivity index (χ4n) is 3.65. The molecule has 0 radical (unpaired) electrons. The van der Waals surface area contributed by atoms with Gasteiger partial charge in [0.15, 0.2) is 0 Å². The molecule has 3 rings (SSSR count). The van der Waals surface area contributed by atoms with Gasteiger partial charge in [-0.2, -0.15) is 13.2 Å². The summed E-state index contributed by atoms with van der Waals surface area (Å²) in [4.78, 5) is 14.7. The number of amides is 1. The average molecular weight is 374 g/mol. The van der Waals surface area contributed by atoms with Gasteiger partial charge in [-0.3, -0.25) is 9.69 Å². The quantitative estimate of drug-likeness (QED) is 0.818. The third-order valence-electron chi connectivity index (χ3n) is 5.04. The zero-order chi connectivity index (χ0) is 18.7. The smallest absolute Gasteiger partial charge is 0.381 e. The number of nitrogens with zero attached hydrogens (tertiary/aromatic N) is 1. The lowest BCUT2D eigenvalue weighted by Crippen LogP contribution is -2.42. The molecule has 0 saturated carbocycles. The summed E-state index contributed by atoms with van der Waals surface area (Å²) >= 11 is 0. The molecule has 26 heavy (non-hydrogen) atoms. The van der Waals surface area contributed by atoms with Crippen LogP contribution in [-0.4, -0.2) is 43.2 Å². The minimum atomic E-state index is -4.80. The Labute approximate surface area is 149 Å². The molecule has 1 unspecified atom stereocenters. The van der Waals surface area contributed by atoms with Crippen molar-refractivity contribution in [1.82, 2.24) is 4.90 Å². The van der Waals surface area contributed by atoms with E-state index in [-0.39, 0.29) is 17.6 Å². The van der Waals surface area contributed by atoms with Crippen LogP contribution in [0.4, 0.5) is 23.2 Å². The maximum atomic E-state index is 13.4. The molecule has 0 spiro atoms. The molecular weight excluding hydrogens is 352 g/mol. The molecule has 1 N–H and O–H groups in total. The van der Waals surface area contributed by atoms with Crippen LogP contribution in [0.5, 0.6) is 0 Å². The number of halogens is 4. The Kier molecular flexibility index (Phi) is 5.82. The monoisotopic (exact) mass is 374 g/mol. The predicted molar refractivity (Wildman–Crippen MR) is 88.2 cm³/mol. The molecule has 1 amide bonds. The van der Waals surface area contributed by atoms with Crippen LogP contribution in [0.3, 0.4) is 0 Å². The van der Waals surface area contributed by atoms with Gasteiger partial charge < -0.3 is 10.1 Å². The zero-order valence-electron chi connectivity index (χ0n) is 14.3. The molecule has 8 heteroatoms. The highest BCUT2D eigenvalue weighted by Gasteiger charge is 2.35. The van der Waals surface area contributed by atoms with E-state index in [1.807, 2.05) is 0 Å². The number of ether oxygens (including phenoxy) is 1. The summed E-state index contributed by atoms with van der Waals surface area (Å²) in [5.41, 5.74) is -1.41. The highest BCUT2D eigenvalue weighted by molar-refractivity contribution is 5.95. The number of benzene rings is 1. The lowest BCUT2D eigenvalue weighted by atomic mass is 9.99. The first kappa shape index (κ1) is 19.1. The first-order chi connectivity index (χ1) is 12.3. The van der Waals surface area contributed by atoms with Crippen molar-refractivity contribution in [1.29, 1.82) is 0 Å². The molecule has 0 aliphatic carbocycles. The molecule has 2 aliphatic heterocycles. The Morgan fingerprint density at radius 2 is 1.96 bits per heavy atom. The van der Waals surface area contributed by atoms with Crippen LogP contribution in [0, 0.1) is 11.7 Å². The number of hydrogen-bond acceptors (Lipinski definition) is 3. The molecule has 2 heterocycles. The largest absolute Gasteiger partial charge is 0.419 e. The highest BCUT2D eigenvalue weighted by Crippen LogP contribution is 2.33. The number of rotatable bonds is 4. The Morgan fingerprint density at radius 1 is 1.23 bits per heavy atom. The average Bonchev–Trinajstić information content (AvgIpc) is 3.05. The van der Waals surface area contributed by atoms with Gasteiger partial charge in [-0.1, -0.05) is 0 Å². The van der Waals surface area contributed by atoms with E-state index in [9.17, 15) is 22.4 Å². The van der Waals surface area contributed by atoms with Crippen LogP contribution in [-0.2, 0) is 15.7 Å². The molecule has 1 aromatic rings. The first-order valence-electron chi connectivity index (χ1n) is 8.84. The fraction of sp³-hybridized carbons (Fsp3) is 0.611. The molecule has 1 aromatic carbocycles. The lowest BCUT2D eigenvalue weighted by molar-refractivity contribution is -0.140. The molecule has 144 valence electrons. The van der Waals surface area contributed by atoms with Gasteiger partial charge in [-0.05, 0) is 56.3 Å². The van der Waals surface area contributed by atoms with E-state index in [4.69, 9.17) is 4.74 Å². The number of likely N-dealkylation sites (tertiary alicyclic amines) is 1. The van der Waals surface area contributed by atoms with Crippen LogP contribution < -0.4 is 5.32 Å². The van der Waals surface area contributed by atoms with Gasteiger partial charge in [-0.25, -0.2) is 4.39 Å². The van der Waals surface area contributed by atoms with Crippen molar-refractivity contribution < 1.29 is 27.1 Å². The van der Waals surface area contributed by atoms with Gasteiger partial charge in [0.05, 0.1) is 11.6 Å². The number of anilines is 1. The maximum absolute atomic E-state index is 13.4. The Balaban J connectivity index is 1.65. The predicted octanol–water partition coefficient (Wildman–Crippen LogP) is 3.67. The summed E-state index contributed by atoms with van der Waals surface area (Å²) in [5.74, 6) is -1.22. The molecular formula is C18H22F4N2O2. The van der Waals surface area contributed by atoms with Gasteiger partial charge >= 0.3 is 6.18 Å². The number of carbonyl (C=O) groups excluding carboxylic acids is 1. The minimum Gasteiger partial charge on any atom is -0.381 e. The summed E-state index contributed by atoms with van der Waals surface area (Å²) in [6, 6.07) is 2.16. The molecule has 2 fully saturated rings. The maximum Gasteiger partial charge on any atom is 0.419 e. The van der Waals surface area contributed by atoms with Crippen LogP contribution in [0.15, 0.2) is 18.2 Å². The fourth-order valence-corrected chi connectivity index (χ4v) is 3.65. The van der Waals surface area contributed by atoms with Crippen LogP contribution >= 0.6 is 0 Å². The van der Waals surface area contributed by atoms with Crippen molar-refractivity contribution in [2.24, 2.45) is 5.92 Å². The molecule has 0 bridgehead atoms. The van der Waals surface area contributed by atoms with Crippen molar-refractivity contribution in [3.8, 4) is 0 Å². The van der Waals surface area contributed by atoms with Gasteiger partial charge in [0.1, 0.15) is 5.82 Å². The van der Waals surface area contributed by atoms with E-state index in [0.29, 0.717) is 18.4 Å². The summed E-state index contributed by atoms with van der Waals surface area (Å²) in [6.45, 7) is 3.04. The normalized spacial score (nSPS) is 22.5. The van der Waals surface area contributed by atoms with Crippen molar-refractivity contribution in [2.75, 3.05) is 31.6 Å². The molecule has 1 atom stereocenters. The summed E-state index contributed by atoms with van der Waals surface area (Å²) in [7, 11) is 0. The van der Waals surface area contributed by atoms with E-state index in [0.717, 1.165) is 57.7 Å². The summed E-state index contributed by atoms with van der Waals surface area (Å²) in [5, 5.41) is 2.52. The summed E-state index contributed by atoms with van der Waals surface area (Å²) < 4.78 is 57.2. The summed E-state index contributed by atoms with van der Waals surface area (Å²) in [6.07, 6.45) is -1.34. The SMILES string of the molecule is O=C(Nc1ccc(F)c(C(F)(F)F)c1)C1CCCN1CC1CCOCC1. The highest BCUT2D eigenvalue weighted by atomic mass is 19.4. The van der Waals surface area contributed by atoms with Crippen LogP contribution in [0.2, 0.25) is 0 Å². The van der Waals surface area contributed by atoms with E-state index in [2.05, 4.69) is 10.2 Å². The number of hydrogen-bond donors (Lipinski definition) is 1. The first-order valence-corrected chi connectivity index (χ1v) is 8.84. The lowest BCUT2D eigenvalue weighted by Gasteiger charge is -2.30. The zero-order valence-corrected chi connectivity index (χ0v) is 14.3. The second-order valence-corrected chi connectivity index (χ2v) is 6.89. The third-order valence-corrected chi connectivity index (χ3v) is 5.04. The molecule has 4 nitrogen and oxygen atoms in total. The van der Waals surface area contributed by atoms with E-state index < -0.39 is 17.6 Å². The Morgan fingerprint density at radius 3 is 2.65 bits per heavy atom. The second kappa shape index (κ2) is 7.92. The van der Waals surface area contributed by atoms with Crippen LogP contribution in [0.25, 0.3) is 0 Å². The topological polar surface area (TPSA) is 41.6 Å². The minimum absolute atomic E-state index is 0.0401. The van der Waals surface area contributed by atoms with Crippen molar-refractivity contribution in [3.63, 3.8) is 0 Å². The molecule has 0 aromatic heterocycles. The van der Waals surface area contributed by atoms with Gasteiger partial charge in [0.2, 0.25) is 5.91 Å². The van der Waals surface area contributed by atoms with Gasteiger partial charge in [0.25, 0.3) is 0 Å². The van der Waals surface area contributed by atoms with Gasteiger partial charge in [-0.15, -0.1) is 0 Å². The van der Waals surface area contributed by atoms with Crippen LogP contribution in [0.1, 0.15) is 31.2 Å². The van der Waals surface area contributed by atoms with Gasteiger partial charge in [0, 0.05) is 25.4 Å². The number of carbonyl (C=O) groups is 1. The third kappa shape index (κ3) is 4.54. The van der Waals surface area contributed by atoms with Crippen molar-refractivity contribution in [3.05, 3.63) is 29.6 Å². The molecule has 2 saturated heterocycles. The Bertz CT molecular complexity index is 645.